The van der Waals surface area contributed by atoms with Crippen LogP contribution in [-0.4, -0.2) is 23.0 Å². The van der Waals surface area contributed by atoms with Gasteiger partial charge in [-0.25, -0.2) is 4.79 Å². The zero-order valence-electron chi connectivity index (χ0n) is 17.4. The monoisotopic (exact) mass is 380 g/mol. The summed E-state index contributed by atoms with van der Waals surface area (Å²) in [6.45, 7) is 8.83. The van der Waals surface area contributed by atoms with E-state index in [2.05, 4.69) is 20.8 Å². The Kier molecular flexibility index (Phi) is 10.7. The molecule has 0 unspecified atom stereocenters. The third kappa shape index (κ3) is 6.64. The Bertz CT molecular complexity index is 595. The maximum absolute atomic E-state index is 11.3. The van der Waals surface area contributed by atoms with Gasteiger partial charge in [-0.1, -0.05) is 47.0 Å². The zero-order valence-corrected chi connectivity index (χ0v) is 17.4. The molecule has 0 aliphatic carbocycles. The first-order valence-corrected chi connectivity index (χ1v) is 10.4. The molecule has 0 atom stereocenters. The van der Waals surface area contributed by atoms with Crippen molar-refractivity contribution in [3.8, 4) is 17.2 Å². The molecule has 0 aliphatic rings. The van der Waals surface area contributed by atoms with Gasteiger partial charge in [0.1, 0.15) is 0 Å². The minimum absolute atomic E-state index is 0.0339. The lowest BCUT2D eigenvalue weighted by molar-refractivity contribution is 0.140. The smallest absolute Gasteiger partial charge is 0.504 e. The van der Waals surface area contributed by atoms with Gasteiger partial charge in [0, 0.05) is 11.1 Å². The van der Waals surface area contributed by atoms with Crippen molar-refractivity contribution in [2.45, 2.75) is 91.9 Å². The quantitative estimate of drug-likeness (QED) is 0.312. The molecule has 154 valence electrons. The summed E-state index contributed by atoms with van der Waals surface area (Å²) in [5.74, 6) is 0.313. The number of hydrogen-bond acceptors (Lipinski definition) is 4. The first-order valence-electron chi connectivity index (χ1n) is 10.4. The molecule has 0 amide bonds. The summed E-state index contributed by atoms with van der Waals surface area (Å²) in [6, 6.07) is 0. The number of rotatable bonds is 13. The van der Waals surface area contributed by atoms with Crippen LogP contribution in [0.5, 0.6) is 17.2 Å². The summed E-state index contributed by atoms with van der Waals surface area (Å²) in [6.07, 6.45) is 7.74. The molecule has 1 rings (SSSR count). The Morgan fingerprint density at radius 2 is 1.30 bits per heavy atom. The van der Waals surface area contributed by atoms with Gasteiger partial charge in [-0.2, -0.15) is 0 Å². The van der Waals surface area contributed by atoms with Crippen LogP contribution in [0.4, 0.5) is 4.79 Å². The Hall–Kier alpha value is -1.91. The molecule has 1 aromatic rings. The number of carboxylic acid groups (broad SMARTS) is 1. The van der Waals surface area contributed by atoms with Crippen LogP contribution in [0.3, 0.4) is 0 Å². The maximum Gasteiger partial charge on any atom is 0.511 e. The SMILES string of the molecule is CCCCc1c(O)c(OC(=O)O)c(OCCC)c(CCCC)c1CCCC. The second-order valence-corrected chi connectivity index (χ2v) is 6.97. The molecule has 0 saturated carbocycles. The molecule has 0 spiro atoms. The van der Waals surface area contributed by atoms with Crippen molar-refractivity contribution in [3.05, 3.63) is 16.7 Å². The minimum Gasteiger partial charge on any atom is -0.504 e. The Labute approximate surface area is 163 Å². The molecule has 0 aromatic heterocycles. The first kappa shape index (κ1) is 23.1. The van der Waals surface area contributed by atoms with Crippen molar-refractivity contribution in [3.63, 3.8) is 0 Å². The summed E-state index contributed by atoms with van der Waals surface area (Å²) in [5.41, 5.74) is 2.97. The predicted molar refractivity (Wildman–Crippen MR) is 108 cm³/mol. The van der Waals surface area contributed by atoms with Crippen molar-refractivity contribution in [1.29, 1.82) is 0 Å². The second-order valence-electron chi connectivity index (χ2n) is 6.97. The van der Waals surface area contributed by atoms with E-state index < -0.39 is 6.16 Å². The van der Waals surface area contributed by atoms with Crippen LogP contribution in [0.1, 0.15) is 89.3 Å². The zero-order chi connectivity index (χ0) is 20.2. The van der Waals surface area contributed by atoms with Gasteiger partial charge in [-0.15, -0.1) is 0 Å². The van der Waals surface area contributed by atoms with Crippen molar-refractivity contribution >= 4 is 6.16 Å². The van der Waals surface area contributed by atoms with Crippen LogP contribution in [0.15, 0.2) is 0 Å². The minimum atomic E-state index is -1.43. The van der Waals surface area contributed by atoms with Gasteiger partial charge >= 0.3 is 6.16 Å². The number of phenols is 1. The number of phenolic OH excluding ortho intramolecular Hbond substituents is 1. The highest BCUT2D eigenvalue weighted by Gasteiger charge is 2.26. The normalized spacial score (nSPS) is 10.8. The van der Waals surface area contributed by atoms with Crippen LogP contribution in [0.2, 0.25) is 0 Å². The van der Waals surface area contributed by atoms with E-state index in [1.165, 1.54) is 0 Å². The highest BCUT2D eigenvalue weighted by molar-refractivity contribution is 5.70. The molecule has 0 saturated heterocycles. The van der Waals surface area contributed by atoms with Crippen LogP contribution in [0.25, 0.3) is 0 Å². The number of hydrogen-bond donors (Lipinski definition) is 2. The fraction of sp³-hybridized carbons (Fsp3) is 0.682. The van der Waals surface area contributed by atoms with E-state index in [4.69, 9.17) is 9.47 Å². The number of unbranched alkanes of at least 4 members (excludes halogenated alkanes) is 3. The van der Waals surface area contributed by atoms with Gasteiger partial charge in [0.2, 0.25) is 5.75 Å². The van der Waals surface area contributed by atoms with Gasteiger partial charge in [0.25, 0.3) is 0 Å². The van der Waals surface area contributed by atoms with Crippen molar-refractivity contribution in [2.75, 3.05) is 6.61 Å². The molecule has 0 fully saturated rings. The van der Waals surface area contributed by atoms with Gasteiger partial charge in [0.05, 0.1) is 6.61 Å². The molecule has 2 N–H and O–H groups in total. The standard InChI is InChI=1S/C22H36O5/c1-5-9-12-16-17(13-10-6-2)19(23)21(27-22(24)25)20(26-15-8-4)18(16)14-11-7-3/h23H,5-15H2,1-4H3,(H,24,25). The summed E-state index contributed by atoms with van der Waals surface area (Å²) < 4.78 is 10.9. The van der Waals surface area contributed by atoms with E-state index in [0.29, 0.717) is 18.8 Å². The summed E-state index contributed by atoms with van der Waals surface area (Å²) in [5, 5.41) is 20.1. The molecule has 0 radical (unpaired) electrons. The summed E-state index contributed by atoms with van der Waals surface area (Å²) in [4.78, 5) is 11.3. The molecule has 0 bridgehead atoms. The number of ether oxygens (including phenoxy) is 2. The van der Waals surface area contributed by atoms with E-state index >= 15 is 0 Å². The van der Waals surface area contributed by atoms with Gasteiger partial charge in [-0.3, -0.25) is 0 Å². The van der Waals surface area contributed by atoms with Crippen LogP contribution in [-0.2, 0) is 19.3 Å². The van der Waals surface area contributed by atoms with Crippen molar-refractivity contribution < 1.29 is 24.5 Å². The van der Waals surface area contributed by atoms with E-state index in [0.717, 1.165) is 74.5 Å². The first-order chi connectivity index (χ1) is 13.0. The second kappa shape index (κ2) is 12.5. The van der Waals surface area contributed by atoms with Crippen LogP contribution < -0.4 is 9.47 Å². The van der Waals surface area contributed by atoms with Gasteiger partial charge in [0.15, 0.2) is 11.5 Å². The lowest BCUT2D eigenvalue weighted by Gasteiger charge is -2.23. The number of carbonyl (C=O) groups is 1. The average molecular weight is 381 g/mol. The van der Waals surface area contributed by atoms with Gasteiger partial charge in [-0.05, 0) is 50.5 Å². The Morgan fingerprint density at radius 1 is 0.778 bits per heavy atom. The Balaban J connectivity index is 3.65. The number of benzene rings is 1. The molecular weight excluding hydrogens is 344 g/mol. The predicted octanol–water partition coefficient (Wildman–Crippen LogP) is 6.27. The molecule has 5 nitrogen and oxygen atoms in total. The van der Waals surface area contributed by atoms with Crippen LogP contribution in [0, 0.1) is 0 Å². The van der Waals surface area contributed by atoms with E-state index in [1.54, 1.807) is 0 Å². The third-order valence-corrected chi connectivity index (χ3v) is 4.69. The maximum atomic E-state index is 11.3. The lowest BCUT2D eigenvalue weighted by atomic mass is 9.89. The average Bonchev–Trinajstić information content (AvgIpc) is 2.64. The van der Waals surface area contributed by atoms with E-state index in [-0.39, 0.29) is 11.5 Å². The van der Waals surface area contributed by atoms with E-state index in [9.17, 15) is 15.0 Å². The van der Waals surface area contributed by atoms with Crippen molar-refractivity contribution in [1.82, 2.24) is 0 Å². The highest BCUT2D eigenvalue weighted by Crippen LogP contribution is 2.47. The summed E-state index contributed by atoms with van der Waals surface area (Å²) in [7, 11) is 0. The van der Waals surface area contributed by atoms with Crippen molar-refractivity contribution in [2.24, 2.45) is 0 Å². The third-order valence-electron chi connectivity index (χ3n) is 4.69. The fourth-order valence-electron chi connectivity index (χ4n) is 3.28. The summed E-state index contributed by atoms with van der Waals surface area (Å²) >= 11 is 0. The fourth-order valence-corrected chi connectivity index (χ4v) is 3.28. The molecule has 0 heterocycles. The molecule has 1 aromatic carbocycles. The molecule has 5 heteroatoms. The van der Waals surface area contributed by atoms with Gasteiger partial charge < -0.3 is 19.7 Å². The highest BCUT2D eigenvalue weighted by atomic mass is 16.7. The molecular formula is C22H36O5. The Morgan fingerprint density at radius 3 is 1.78 bits per heavy atom. The lowest BCUT2D eigenvalue weighted by Crippen LogP contribution is -2.12. The molecule has 0 aliphatic heterocycles. The van der Waals surface area contributed by atoms with E-state index in [1.807, 2.05) is 6.92 Å². The largest absolute Gasteiger partial charge is 0.511 e. The topological polar surface area (TPSA) is 76.0 Å². The number of aromatic hydroxyl groups is 1. The van der Waals surface area contributed by atoms with Crippen LogP contribution >= 0.6 is 0 Å². The molecule has 27 heavy (non-hydrogen) atoms.